The van der Waals surface area contributed by atoms with Gasteiger partial charge in [0, 0.05) is 30.9 Å². The third-order valence-electron chi connectivity index (χ3n) is 5.34. The van der Waals surface area contributed by atoms with Gasteiger partial charge < -0.3 is 4.90 Å². The number of aromatic nitrogens is 3. The Morgan fingerprint density at radius 1 is 1.12 bits per heavy atom. The summed E-state index contributed by atoms with van der Waals surface area (Å²) in [6.07, 6.45) is 15.2. The van der Waals surface area contributed by atoms with Gasteiger partial charge in [0.05, 0.1) is 12.4 Å². The summed E-state index contributed by atoms with van der Waals surface area (Å²) in [5, 5.41) is 5.08. The Morgan fingerprint density at radius 3 is 2.29 bits per heavy atom. The fourth-order valence-corrected chi connectivity index (χ4v) is 5.00. The Morgan fingerprint density at radius 2 is 1.75 bits per heavy atom. The molecule has 2 heterocycles. The van der Waals surface area contributed by atoms with E-state index in [0.29, 0.717) is 12.1 Å². The second kappa shape index (κ2) is 6.67. The van der Waals surface area contributed by atoms with Gasteiger partial charge in [-0.2, -0.15) is 5.10 Å². The Balaban J connectivity index is 1.59. The number of carbonyl (C=O) groups is 1. The first-order valence-corrected chi connectivity index (χ1v) is 9.81. The van der Waals surface area contributed by atoms with Gasteiger partial charge in [-0.25, -0.2) is 4.98 Å². The van der Waals surface area contributed by atoms with Crippen molar-refractivity contribution in [2.24, 2.45) is 7.05 Å². The molecule has 2 aromatic heterocycles. The average molecular weight is 344 g/mol. The largest absolute Gasteiger partial charge is 0.332 e. The molecule has 2 aromatic rings. The van der Waals surface area contributed by atoms with Gasteiger partial charge in [0.25, 0.3) is 5.91 Å². The maximum Gasteiger partial charge on any atom is 0.266 e. The number of nitrogens with zero attached hydrogens (tertiary/aromatic N) is 4. The lowest BCUT2D eigenvalue weighted by Crippen LogP contribution is -2.44. The lowest BCUT2D eigenvalue weighted by molar-refractivity contribution is 0.0585. The van der Waals surface area contributed by atoms with E-state index in [-0.39, 0.29) is 5.91 Å². The number of rotatable bonds is 4. The molecule has 0 unspecified atom stereocenters. The summed E-state index contributed by atoms with van der Waals surface area (Å²) >= 11 is 1.50. The molecule has 0 aliphatic heterocycles. The number of hydrogen-bond acceptors (Lipinski definition) is 4. The highest BCUT2D eigenvalue weighted by Crippen LogP contribution is 2.34. The van der Waals surface area contributed by atoms with Crippen LogP contribution in [-0.2, 0) is 7.05 Å². The van der Waals surface area contributed by atoms with E-state index in [2.05, 4.69) is 15.0 Å². The topological polar surface area (TPSA) is 51.0 Å². The number of hydrogen-bond donors (Lipinski definition) is 0. The highest BCUT2D eigenvalue weighted by Gasteiger charge is 2.35. The standard InChI is InChI=1S/C18H24N4OS/c1-21-12-13(10-20-21)17-19-11-16(24-17)18(23)22(14-6-2-3-7-14)15-8-4-5-9-15/h10-12,14-15H,2-9H2,1H3. The van der Waals surface area contributed by atoms with Crippen LogP contribution >= 0.6 is 11.3 Å². The van der Waals surface area contributed by atoms with Crippen molar-refractivity contribution in [1.29, 1.82) is 0 Å². The Bertz CT molecular complexity index is 694. The predicted molar refractivity (Wildman–Crippen MR) is 95.0 cm³/mol. The number of aryl methyl sites for hydroxylation is 1. The molecule has 1 amide bonds. The smallest absolute Gasteiger partial charge is 0.266 e. The molecule has 0 N–H and O–H groups in total. The van der Waals surface area contributed by atoms with E-state index >= 15 is 0 Å². The van der Waals surface area contributed by atoms with Crippen LogP contribution in [0.15, 0.2) is 18.6 Å². The van der Waals surface area contributed by atoms with Gasteiger partial charge in [-0.3, -0.25) is 9.48 Å². The first-order chi connectivity index (χ1) is 11.7. The van der Waals surface area contributed by atoms with Crippen LogP contribution in [0.25, 0.3) is 10.6 Å². The van der Waals surface area contributed by atoms with Crippen LogP contribution in [0.4, 0.5) is 0 Å². The summed E-state index contributed by atoms with van der Waals surface area (Å²) in [7, 11) is 1.89. The molecule has 0 aromatic carbocycles. The third-order valence-corrected chi connectivity index (χ3v) is 6.37. The summed E-state index contributed by atoms with van der Waals surface area (Å²) < 4.78 is 1.77. The molecule has 0 bridgehead atoms. The fourth-order valence-electron chi connectivity index (χ4n) is 4.16. The van der Waals surface area contributed by atoms with Crippen molar-refractivity contribution in [3.63, 3.8) is 0 Å². The van der Waals surface area contributed by atoms with Gasteiger partial charge in [-0.1, -0.05) is 25.7 Å². The zero-order valence-corrected chi connectivity index (χ0v) is 15.0. The van der Waals surface area contributed by atoms with Crippen molar-refractivity contribution in [1.82, 2.24) is 19.7 Å². The Hall–Kier alpha value is -1.69. The molecule has 0 spiro atoms. The van der Waals surface area contributed by atoms with E-state index in [1.807, 2.05) is 13.2 Å². The zero-order valence-electron chi connectivity index (χ0n) is 14.1. The first kappa shape index (κ1) is 15.8. The van der Waals surface area contributed by atoms with E-state index in [1.54, 1.807) is 17.1 Å². The van der Waals surface area contributed by atoms with Crippen LogP contribution in [0.2, 0.25) is 0 Å². The van der Waals surface area contributed by atoms with Crippen molar-refractivity contribution in [3.8, 4) is 10.6 Å². The summed E-state index contributed by atoms with van der Waals surface area (Å²) in [4.78, 5) is 20.7. The molecule has 2 saturated carbocycles. The normalized spacial score (nSPS) is 19.2. The van der Waals surface area contributed by atoms with Crippen LogP contribution in [0, 0.1) is 0 Å². The SMILES string of the molecule is Cn1cc(-c2ncc(C(=O)N(C3CCCC3)C3CCCC3)s2)cn1. The van der Waals surface area contributed by atoms with Crippen molar-refractivity contribution >= 4 is 17.2 Å². The summed E-state index contributed by atoms with van der Waals surface area (Å²) in [6, 6.07) is 0.870. The maximum atomic E-state index is 13.2. The highest BCUT2D eigenvalue weighted by molar-refractivity contribution is 7.16. The van der Waals surface area contributed by atoms with Gasteiger partial charge in [-0.05, 0) is 25.7 Å². The van der Waals surface area contributed by atoms with Gasteiger partial charge in [0.2, 0.25) is 0 Å². The van der Waals surface area contributed by atoms with E-state index in [1.165, 1.54) is 37.0 Å². The van der Waals surface area contributed by atoms with Crippen LogP contribution < -0.4 is 0 Å². The van der Waals surface area contributed by atoms with Gasteiger partial charge in [0.15, 0.2) is 0 Å². The minimum Gasteiger partial charge on any atom is -0.332 e. The minimum absolute atomic E-state index is 0.196. The number of carbonyl (C=O) groups excluding carboxylic acids is 1. The van der Waals surface area contributed by atoms with E-state index in [4.69, 9.17) is 0 Å². The molecular formula is C18H24N4OS. The van der Waals surface area contributed by atoms with E-state index < -0.39 is 0 Å². The molecule has 24 heavy (non-hydrogen) atoms. The van der Waals surface area contributed by atoms with E-state index in [0.717, 1.165) is 41.1 Å². The zero-order chi connectivity index (χ0) is 16.5. The monoisotopic (exact) mass is 344 g/mol. The maximum absolute atomic E-state index is 13.2. The summed E-state index contributed by atoms with van der Waals surface area (Å²) in [5.74, 6) is 0.196. The minimum atomic E-state index is 0.196. The summed E-state index contributed by atoms with van der Waals surface area (Å²) in [6.45, 7) is 0. The number of amides is 1. The molecule has 2 fully saturated rings. The van der Waals surface area contributed by atoms with Crippen LogP contribution in [0.1, 0.15) is 61.0 Å². The average Bonchev–Trinajstić information content (AvgIpc) is 3.36. The van der Waals surface area contributed by atoms with Crippen molar-refractivity contribution in [2.75, 3.05) is 0 Å². The molecular weight excluding hydrogens is 320 g/mol. The fraction of sp³-hybridized carbons (Fsp3) is 0.611. The van der Waals surface area contributed by atoms with Gasteiger partial charge >= 0.3 is 0 Å². The molecule has 128 valence electrons. The molecule has 6 heteroatoms. The van der Waals surface area contributed by atoms with Crippen LogP contribution in [0.3, 0.4) is 0 Å². The number of thiazole rings is 1. The molecule has 2 aliphatic carbocycles. The Labute approximate surface area is 146 Å². The van der Waals surface area contributed by atoms with Crippen LogP contribution in [0.5, 0.6) is 0 Å². The third kappa shape index (κ3) is 2.99. The molecule has 0 saturated heterocycles. The highest BCUT2D eigenvalue weighted by atomic mass is 32.1. The predicted octanol–water partition coefficient (Wildman–Crippen LogP) is 3.87. The lowest BCUT2D eigenvalue weighted by atomic mass is 10.1. The Kier molecular flexibility index (Phi) is 4.39. The molecule has 5 nitrogen and oxygen atoms in total. The lowest BCUT2D eigenvalue weighted by Gasteiger charge is -2.34. The molecule has 4 rings (SSSR count). The first-order valence-electron chi connectivity index (χ1n) is 9.00. The molecule has 0 atom stereocenters. The van der Waals surface area contributed by atoms with Crippen molar-refractivity contribution < 1.29 is 4.79 Å². The second-order valence-corrected chi connectivity index (χ2v) is 8.05. The van der Waals surface area contributed by atoms with E-state index in [9.17, 15) is 4.79 Å². The van der Waals surface area contributed by atoms with Gasteiger partial charge in [-0.15, -0.1) is 11.3 Å². The van der Waals surface area contributed by atoms with Crippen molar-refractivity contribution in [2.45, 2.75) is 63.5 Å². The quantitative estimate of drug-likeness (QED) is 0.846. The molecule has 2 aliphatic rings. The van der Waals surface area contributed by atoms with Crippen molar-refractivity contribution in [3.05, 3.63) is 23.5 Å². The second-order valence-electron chi connectivity index (χ2n) is 7.02. The molecule has 0 radical (unpaired) electrons. The summed E-state index contributed by atoms with van der Waals surface area (Å²) in [5.41, 5.74) is 0.981. The van der Waals surface area contributed by atoms with Crippen LogP contribution in [-0.4, -0.2) is 37.7 Å². The van der Waals surface area contributed by atoms with Gasteiger partial charge in [0.1, 0.15) is 9.88 Å².